The molecule has 0 aliphatic heterocycles. The van der Waals surface area contributed by atoms with Gasteiger partial charge in [0.15, 0.2) is 0 Å². The molecule has 19 heavy (non-hydrogen) atoms. The van der Waals surface area contributed by atoms with Crippen molar-refractivity contribution in [3.05, 3.63) is 23.8 Å². The van der Waals surface area contributed by atoms with Gasteiger partial charge >= 0.3 is 5.97 Å². The van der Waals surface area contributed by atoms with Crippen LogP contribution in [0.25, 0.3) is 11.0 Å². The first kappa shape index (κ1) is 13.5. The van der Waals surface area contributed by atoms with Crippen LogP contribution in [-0.4, -0.2) is 26.1 Å². The van der Waals surface area contributed by atoms with Gasteiger partial charge in [0, 0.05) is 0 Å². The Balaban J connectivity index is 2.27. The van der Waals surface area contributed by atoms with Crippen LogP contribution in [0.2, 0.25) is 0 Å². The summed E-state index contributed by atoms with van der Waals surface area (Å²) in [6.45, 7) is 6.51. The van der Waals surface area contributed by atoms with Gasteiger partial charge in [-0.15, -0.1) is 5.10 Å². The first-order valence-corrected chi connectivity index (χ1v) is 6.57. The monoisotopic (exact) mass is 261 g/mol. The Morgan fingerprint density at radius 3 is 2.68 bits per heavy atom. The zero-order chi connectivity index (χ0) is 14.0. The molecule has 0 amide bonds. The maximum absolute atomic E-state index is 10.9. The zero-order valence-corrected chi connectivity index (χ0v) is 11.5. The number of carboxylic acids is 1. The number of aromatic carboxylic acids is 1. The van der Waals surface area contributed by atoms with E-state index in [1.807, 2.05) is 4.68 Å². The van der Waals surface area contributed by atoms with Crippen LogP contribution in [0, 0.1) is 5.92 Å². The SMILES string of the molecule is CC(C)CCC(C)n1nnc2cc(C(=O)O)ccc21. The summed E-state index contributed by atoms with van der Waals surface area (Å²) in [5.74, 6) is -0.278. The minimum atomic E-state index is -0.940. The lowest BCUT2D eigenvalue weighted by atomic mass is 10.0. The fourth-order valence-corrected chi connectivity index (χ4v) is 2.10. The molecular weight excluding hydrogens is 242 g/mol. The summed E-state index contributed by atoms with van der Waals surface area (Å²) >= 11 is 0. The molecule has 0 saturated carbocycles. The highest BCUT2D eigenvalue weighted by molar-refractivity contribution is 5.92. The van der Waals surface area contributed by atoms with Gasteiger partial charge in [-0.05, 0) is 43.9 Å². The summed E-state index contributed by atoms with van der Waals surface area (Å²) in [6.07, 6.45) is 2.17. The summed E-state index contributed by atoms with van der Waals surface area (Å²) in [4.78, 5) is 10.9. The van der Waals surface area contributed by atoms with Crippen molar-refractivity contribution in [1.29, 1.82) is 0 Å². The smallest absolute Gasteiger partial charge is 0.335 e. The van der Waals surface area contributed by atoms with Gasteiger partial charge in [0.2, 0.25) is 0 Å². The van der Waals surface area contributed by atoms with E-state index >= 15 is 0 Å². The van der Waals surface area contributed by atoms with Crippen LogP contribution in [0.3, 0.4) is 0 Å². The first-order valence-electron chi connectivity index (χ1n) is 6.57. The average Bonchev–Trinajstić information content (AvgIpc) is 2.78. The molecule has 1 aromatic carbocycles. The second-order valence-electron chi connectivity index (χ2n) is 5.36. The third kappa shape index (κ3) is 2.92. The lowest BCUT2D eigenvalue weighted by Crippen LogP contribution is -2.08. The number of nitrogens with zero attached hydrogens (tertiary/aromatic N) is 3. The van der Waals surface area contributed by atoms with Crippen LogP contribution in [0.15, 0.2) is 18.2 Å². The van der Waals surface area contributed by atoms with Gasteiger partial charge in [-0.25, -0.2) is 9.48 Å². The second kappa shape index (κ2) is 5.38. The maximum atomic E-state index is 10.9. The lowest BCUT2D eigenvalue weighted by Gasteiger charge is -2.13. The molecule has 2 rings (SSSR count). The van der Waals surface area contributed by atoms with Crippen molar-refractivity contribution in [2.75, 3.05) is 0 Å². The molecule has 0 aliphatic carbocycles. The van der Waals surface area contributed by atoms with E-state index in [4.69, 9.17) is 5.11 Å². The molecule has 0 spiro atoms. The molecule has 2 aromatic rings. The molecule has 0 aliphatic rings. The van der Waals surface area contributed by atoms with Crippen molar-refractivity contribution >= 4 is 17.0 Å². The third-order valence-corrected chi connectivity index (χ3v) is 3.30. The normalized spacial score (nSPS) is 13.1. The highest BCUT2D eigenvalue weighted by Crippen LogP contribution is 2.21. The van der Waals surface area contributed by atoms with E-state index in [0.29, 0.717) is 11.4 Å². The van der Waals surface area contributed by atoms with Crippen LogP contribution >= 0.6 is 0 Å². The minimum absolute atomic E-state index is 0.245. The van der Waals surface area contributed by atoms with Gasteiger partial charge in [0.05, 0.1) is 17.1 Å². The summed E-state index contributed by atoms with van der Waals surface area (Å²) in [6, 6.07) is 5.21. The summed E-state index contributed by atoms with van der Waals surface area (Å²) in [7, 11) is 0. The number of fused-ring (bicyclic) bond motifs is 1. The molecule has 5 nitrogen and oxygen atoms in total. The number of hydrogen-bond acceptors (Lipinski definition) is 3. The molecule has 1 aromatic heterocycles. The summed E-state index contributed by atoms with van der Waals surface area (Å²) < 4.78 is 1.88. The van der Waals surface area contributed by atoms with E-state index in [9.17, 15) is 4.79 Å². The van der Waals surface area contributed by atoms with Crippen LogP contribution < -0.4 is 0 Å². The molecule has 102 valence electrons. The number of hydrogen-bond donors (Lipinski definition) is 1. The maximum Gasteiger partial charge on any atom is 0.335 e. The Morgan fingerprint density at radius 2 is 2.05 bits per heavy atom. The van der Waals surface area contributed by atoms with Crippen LogP contribution in [0.5, 0.6) is 0 Å². The number of benzene rings is 1. The fourth-order valence-electron chi connectivity index (χ4n) is 2.10. The van der Waals surface area contributed by atoms with Crippen LogP contribution in [0.4, 0.5) is 0 Å². The topological polar surface area (TPSA) is 68.0 Å². The quantitative estimate of drug-likeness (QED) is 0.897. The van der Waals surface area contributed by atoms with Gasteiger partial charge in [-0.2, -0.15) is 0 Å². The first-order chi connectivity index (χ1) is 8.99. The lowest BCUT2D eigenvalue weighted by molar-refractivity contribution is 0.0697. The summed E-state index contributed by atoms with van der Waals surface area (Å²) in [5, 5.41) is 17.2. The van der Waals surface area contributed by atoms with Gasteiger partial charge in [-0.3, -0.25) is 0 Å². The Labute approximate surface area is 112 Å². The van der Waals surface area contributed by atoms with Crippen molar-refractivity contribution < 1.29 is 9.90 Å². The number of aromatic nitrogens is 3. The van der Waals surface area contributed by atoms with E-state index in [2.05, 4.69) is 31.1 Å². The van der Waals surface area contributed by atoms with Crippen molar-refractivity contribution in [1.82, 2.24) is 15.0 Å². The molecule has 0 bridgehead atoms. The number of carboxylic acid groups (broad SMARTS) is 1. The van der Waals surface area contributed by atoms with Crippen molar-refractivity contribution in [3.8, 4) is 0 Å². The summed E-state index contributed by atoms with van der Waals surface area (Å²) in [5.41, 5.74) is 1.77. The van der Waals surface area contributed by atoms with E-state index in [0.717, 1.165) is 18.4 Å². The number of carbonyl (C=O) groups is 1. The van der Waals surface area contributed by atoms with Crippen molar-refractivity contribution in [2.24, 2.45) is 5.92 Å². The average molecular weight is 261 g/mol. The van der Waals surface area contributed by atoms with E-state index in [1.54, 1.807) is 18.2 Å². The molecule has 1 atom stereocenters. The molecule has 1 heterocycles. The van der Waals surface area contributed by atoms with Gasteiger partial charge < -0.3 is 5.11 Å². The van der Waals surface area contributed by atoms with Crippen molar-refractivity contribution in [3.63, 3.8) is 0 Å². The van der Waals surface area contributed by atoms with Crippen molar-refractivity contribution in [2.45, 2.75) is 39.7 Å². The predicted molar refractivity (Wildman–Crippen MR) is 73.3 cm³/mol. The Kier molecular flexibility index (Phi) is 3.83. The Morgan fingerprint density at radius 1 is 1.32 bits per heavy atom. The van der Waals surface area contributed by atoms with Gasteiger partial charge in [0.25, 0.3) is 0 Å². The predicted octanol–water partition coefficient (Wildman–Crippen LogP) is 3.13. The van der Waals surface area contributed by atoms with Crippen LogP contribution in [-0.2, 0) is 0 Å². The van der Waals surface area contributed by atoms with E-state index < -0.39 is 5.97 Å². The largest absolute Gasteiger partial charge is 0.478 e. The highest BCUT2D eigenvalue weighted by atomic mass is 16.4. The third-order valence-electron chi connectivity index (χ3n) is 3.30. The molecule has 5 heteroatoms. The molecule has 0 saturated heterocycles. The van der Waals surface area contributed by atoms with Gasteiger partial charge in [-0.1, -0.05) is 19.1 Å². The Hall–Kier alpha value is -1.91. The van der Waals surface area contributed by atoms with E-state index in [1.165, 1.54) is 0 Å². The zero-order valence-electron chi connectivity index (χ0n) is 11.5. The molecule has 1 N–H and O–H groups in total. The van der Waals surface area contributed by atoms with Crippen LogP contribution in [0.1, 0.15) is 50.0 Å². The molecular formula is C14H19N3O2. The second-order valence-corrected chi connectivity index (χ2v) is 5.36. The van der Waals surface area contributed by atoms with E-state index in [-0.39, 0.29) is 11.6 Å². The Bertz CT molecular complexity index is 589. The molecule has 0 fully saturated rings. The fraction of sp³-hybridized carbons (Fsp3) is 0.500. The highest BCUT2D eigenvalue weighted by Gasteiger charge is 2.13. The standard InChI is InChI=1S/C14H19N3O2/c1-9(2)4-5-10(3)17-13-7-6-11(14(18)19)8-12(13)15-16-17/h6-10H,4-5H2,1-3H3,(H,18,19). The molecule has 1 unspecified atom stereocenters. The minimum Gasteiger partial charge on any atom is -0.478 e. The molecule has 0 radical (unpaired) electrons. The van der Waals surface area contributed by atoms with Gasteiger partial charge in [0.1, 0.15) is 5.52 Å². The number of rotatable bonds is 5.